The number of hydrogen-bond acceptors (Lipinski definition) is 7. The molecular weight excluding hydrogens is 450 g/mol. The largest absolute Gasteiger partial charge is 0.369 e. The van der Waals surface area contributed by atoms with E-state index in [1.807, 2.05) is 48.8 Å². The summed E-state index contributed by atoms with van der Waals surface area (Å²) < 4.78 is 0. The number of amides is 1. The first-order valence-electron chi connectivity index (χ1n) is 12.1. The van der Waals surface area contributed by atoms with Gasteiger partial charge in [-0.25, -0.2) is 9.97 Å². The molecule has 1 saturated heterocycles. The van der Waals surface area contributed by atoms with Crippen molar-refractivity contribution in [1.82, 2.24) is 19.9 Å². The predicted octanol–water partition coefficient (Wildman–Crippen LogP) is 4.56. The fraction of sp³-hybridized carbons (Fsp3) is 0.214. The summed E-state index contributed by atoms with van der Waals surface area (Å²) in [5, 5.41) is 6.13. The van der Waals surface area contributed by atoms with Gasteiger partial charge in [0.05, 0.1) is 5.69 Å². The number of nitrogens with zero attached hydrogens (tertiary/aromatic N) is 5. The van der Waals surface area contributed by atoms with Gasteiger partial charge in [-0.2, -0.15) is 0 Å². The van der Waals surface area contributed by atoms with Crippen molar-refractivity contribution in [3.05, 3.63) is 90.9 Å². The van der Waals surface area contributed by atoms with Crippen LogP contribution >= 0.6 is 0 Å². The lowest BCUT2D eigenvalue weighted by Gasteiger charge is -2.36. The van der Waals surface area contributed by atoms with Gasteiger partial charge in [0, 0.05) is 80.9 Å². The van der Waals surface area contributed by atoms with Crippen LogP contribution in [0.25, 0.3) is 11.3 Å². The van der Waals surface area contributed by atoms with E-state index in [4.69, 9.17) is 0 Å². The Labute approximate surface area is 211 Å². The highest BCUT2D eigenvalue weighted by Crippen LogP contribution is 2.25. The van der Waals surface area contributed by atoms with Crippen molar-refractivity contribution in [2.45, 2.75) is 13.5 Å². The molecule has 0 spiro atoms. The summed E-state index contributed by atoms with van der Waals surface area (Å²) in [4.78, 5) is 29.3. The minimum Gasteiger partial charge on any atom is -0.369 e. The zero-order valence-corrected chi connectivity index (χ0v) is 20.3. The number of nitrogens with one attached hydrogen (secondary N) is 2. The zero-order chi connectivity index (χ0) is 24.7. The first-order valence-corrected chi connectivity index (χ1v) is 12.1. The molecule has 0 radical (unpaired) electrons. The molecule has 0 aliphatic carbocycles. The van der Waals surface area contributed by atoms with Gasteiger partial charge in [-0.3, -0.25) is 14.7 Å². The van der Waals surface area contributed by atoms with E-state index in [9.17, 15) is 4.79 Å². The fourth-order valence-corrected chi connectivity index (χ4v) is 4.33. The lowest BCUT2D eigenvalue weighted by Crippen LogP contribution is -2.45. The zero-order valence-electron chi connectivity index (χ0n) is 20.3. The molecule has 1 fully saturated rings. The van der Waals surface area contributed by atoms with Crippen LogP contribution in [0.4, 0.5) is 23.0 Å². The van der Waals surface area contributed by atoms with E-state index in [1.165, 1.54) is 18.2 Å². The number of pyridine rings is 1. The van der Waals surface area contributed by atoms with Crippen molar-refractivity contribution in [1.29, 1.82) is 0 Å². The van der Waals surface area contributed by atoms with Crippen molar-refractivity contribution in [2.75, 3.05) is 41.7 Å². The van der Waals surface area contributed by atoms with Crippen LogP contribution in [0, 0.1) is 0 Å². The van der Waals surface area contributed by atoms with E-state index in [1.54, 1.807) is 6.20 Å². The highest BCUT2D eigenvalue weighted by molar-refractivity contribution is 5.88. The first kappa shape index (κ1) is 23.4. The van der Waals surface area contributed by atoms with Gasteiger partial charge in [0.2, 0.25) is 11.9 Å². The number of aromatic nitrogens is 3. The summed E-state index contributed by atoms with van der Waals surface area (Å²) in [5.74, 6) is 0.447. The monoisotopic (exact) mass is 479 g/mol. The molecule has 0 saturated carbocycles. The molecule has 4 aromatic rings. The maximum Gasteiger partial charge on any atom is 0.227 e. The third kappa shape index (κ3) is 6.03. The topological polar surface area (TPSA) is 86.3 Å². The molecule has 2 aromatic carbocycles. The summed E-state index contributed by atoms with van der Waals surface area (Å²) in [6.07, 6.45) is 5.46. The molecule has 3 heterocycles. The number of rotatable bonds is 7. The van der Waals surface area contributed by atoms with E-state index in [0.717, 1.165) is 55.4 Å². The van der Waals surface area contributed by atoms with Crippen molar-refractivity contribution >= 4 is 28.9 Å². The Morgan fingerprint density at radius 1 is 0.889 bits per heavy atom. The van der Waals surface area contributed by atoms with Crippen LogP contribution in [0.1, 0.15) is 12.5 Å². The molecule has 0 bridgehead atoms. The molecule has 8 heteroatoms. The highest BCUT2D eigenvalue weighted by Gasteiger charge is 2.17. The average molecular weight is 480 g/mol. The second kappa shape index (κ2) is 11.0. The average Bonchev–Trinajstić information content (AvgIpc) is 2.90. The molecule has 1 aliphatic heterocycles. The molecule has 1 amide bonds. The van der Waals surface area contributed by atoms with Crippen LogP contribution in [0.3, 0.4) is 0 Å². The molecule has 2 N–H and O–H groups in total. The number of carbonyl (C=O) groups is 1. The SMILES string of the molecule is CC(=O)Nc1ccc(-c2ccnc(Nc3cccc(N4CCN(Cc5ccncc5)CC4)c3)n2)cc1. The summed E-state index contributed by atoms with van der Waals surface area (Å²) >= 11 is 0. The molecule has 0 atom stereocenters. The molecule has 1 aliphatic rings. The molecule has 5 rings (SSSR count). The van der Waals surface area contributed by atoms with Crippen molar-refractivity contribution in [3.8, 4) is 11.3 Å². The van der Waals surface area contributed by atoms with Crippen LogP contribution < -0.4 is 15.5 Å². The van der Waals surface area contributed by atoms with Crippen molar-refractivity contribution in [2.24, 2.45) is 0 Å². The van der Waals surface area contributed by atoms with Crippen LogP contribution in [-0.4, -0.2) is 51.9 Å². The van der Waals surface area contributed by atoms with E-state index < -0.39 is 0 Å². The Bertz CT molecular complexity index is 1300. The molecule has 8 nitrogen and oxygen atoms in total. The normalized spacial score (nSPS) is 13.9. The van der Waals surface area contributed by atoms with E-state index >= 15 is 0 Å². The van der Waals surface area contributed by atoms with E-state index in [-0.39, 0.29) is 5.91 Å². The number of hydrogen-bond donors (Lipinski definition) is 2. The Hall–Kier alpha value is -4.30. The smallest absolute Gasteiger partial charge is 0.227 e. The second-order valence-corrected chi connectivity index (χ2v) is 8.82. The standard InChI is InChI=1S/C28H29N7O/c1-21(36)31-24-7-5-23(6-8-24)27-11-14-30-28(33-27)32-25-3-2-4-26(19-25)35-17-15-34(16-18-35)20-22-9-12-29-13-10-22/h2-14,19H,15-18,20H2,1H3,(H,31,36)(H,30,32,33). The van der Waals surface area contributed by atoms with Crippen LogP contribution in [-0.2, 0) is 11.3 Å². The molecule has 36 heavy (non-hydrogen) atoms. The Morgan fingerprint density at radius 3 is 2.42 bits per heavy atom. The summed E-state index contributed by atoms with van der Waals surface area (Å²) in [6.45, 7) is 6.46. The Balaban J connectivity index is 1.22. The molecular formula is C28H29N7O. The van der Waals surface area contributed by atoms with Gasteiger partial charge in [0.15, 0.2) is 0 Å². The first-order chi connectivity index (χ1) is 17.6. The van der Waals surface area contributed by atoms with Gasteiger partial charge >= 0.3 is 0 Å². The van der Waals surface area contributed by atoms with Gasteiger partial charge in [-0.05, 0) is 54.1 Å². The minimum atomic E-state index is -0.0923. The number of benzene rings is 2. The van der Waals surface area contributed by atoms with Crippen LogP contribution in [0.15, 0.2) is 85.3 Å². The Morgan fingerprint density at radius 2 is 1.67 bits per heavy atom. The Kier molecular flexibility index (Phi) is 7.14. The van der Waals surface area contributed by atoms with Crippen LogP contribution in [0.5, 0.6) is 0 Å². The lowest BCUT2D eigenvalue weighted by atomic mass is 10.1. The third-order valence-corrected chi connectivity index (χ3v) is 6.15. The maximum absolute atomic E-state index is 11.2. The quantitative estimate of drug-likeness (QED) is 0.402. The molecule has 2 aromatic heterocycles. The summed E-state index contributed by atoms with van der Waals surface area (Å²) in [7, 11) is 0. The predicted molar refractivity (Wildman–Crippen MR) is 143 cm³/mol. The lowest BCUT2D eigenvalue weighted by molar-refractivity contribution is -0.114. The number of carbonyl (C=O) groups excluding carboxylic acids is 1. The molecule has 0 unspecified atom stereocenters. The van der Waals surface area contributed by atoms with Crippen molar-refractivity contribution in [3.63, 3.8) is 0 Å². The summed E-state index contributed by atoms with van der Waals surface area (Å²) in [6, 6.07) is 22.0. The maximum atomic E-state index is 11.2. The number of anilines is 4. The van der Waals surface area contributed by atoms with E-state index in [0.29, 0.717) is 5.95 Å². The third-order valence-electron chi connectivity index (χ3n) is 6.15. The van der Waals surface area contributed by atoms with Gasteiger partial charge in [-0.1, -0.05) is 18.2 Å². The van der Waals surface area contributed by atoms with Crippen LogP contribution in [0.2, 0.25) is 0 Å². The van der Waals surface area contributed by atoms with Gasteiger partial charge in [-0.15, -0.1) is 0 Å². The second-order valence-electron chi connectivity index (χ2n) is 8.82. The van der Waals surface area contributed by atoms with Gasteiger partial charge < -0.3 is 15.5 Å². The van der Waals surface area contributed by atoms with Gasteiger partial charge in [0.25, 0.3) is 0 Å². The highest BCUT2D eigenvalue weighted by atomic mass is 16.1. The minimum absolute atomic E-state index is 0.0923. The van der Waals surface area contributed by atoms with Crippen molar-refractivity contribution < 1.29 is 4.79 Å². The number of piperazine rings is 1. The van der Waals surface area contributed by atoms with E-state index in [2.05, 4.69) is 65.7 Å². The van der Waals surface area contributed by atoms with Gasteiger partial charge in [0.1, 0.15) is 0 Å². The summed E-state index contributed by atoms with van der Waals surface area (Å²) in [5.41, 5.74) is 5.96. The molecule has 182 valence electrons. The fourth-order valence-electron chi connectivity index (χ4n) is 4.33.